The van der Waals surface area contributed by atoms with Gasteiger partial charge in [0.25, 0.3) is 5.69 Å². The Morgan fingerprint density at radius 1 is 1.00 bits per heavy atom. The second kappa shape index (κ2) is 4.60. The third-order valence-corrected chi connectivity index (χ3v) is 2.57. The average molecular weight is 305 g/mol. The minimum Gasteiger partial charge on any atom is -0.258 e. The van der Waals surface area contributed by atoms with Crippen LogP contribution in [0.3, 0.4) is 0 Å². The molecule has 0 saturated carbocycles. The molecule has 1 aromatic rings. The molecular formula is C10H6F7NO2. The van der Waals surface area contributed by atoms with Crippen LogP contribution in [0, 0.1) is 17.0 Å². The molecule has 0 fully saturated rings. The fourth-order valence-electron chi connectivity index (χ4n) is 1.70. The van der Waals surface area contributed by atoms with Crippen LogP contribution in [-0.2, 0) is 5.67 Å². The number of hydrogen-bond donors (Lipinski definition) is 0. The summed E-state index contributed by atoms with van der Waals surface area (Å²) in [5.41, 5.74) is -10.3. The molecule has 0 aliphatic heterocycles. The zero-order valence-electron chi connectivity index (χ0n) is 9.64. The van der Waals surface area contributed by atoms with Crippen molar-refractivity contribution in [1.29, 1.82) is 0 Å². The van der Waals surface area contributed by atoms with E-state index in [-0.39, 0.29) is 0 Å². The first-order chi connectivity index (χ1) is 8.84. The third-order valence-electron chi connectivity index (χ3n) is 2.57. The van der Waals surface area contributed by atoms with Gasteiger partial charge in [-0.05, 0) is 12.5 Å². The number of rotatable bonds is 2. The van der Waals surface area contributed by atoms with Gasteiger partial charge in [0, 0.05) is 6.07 Å². The van der Waals surface area contributed by atoms with Crippen molar-refractivity contribution in [2.45, 2.75) is 24.9 Å². The Kier molecular flexibility index (Phi) is 3.72. The molecule has 0 unspecified atom stereocenters. The average Bonchev–Trinajstić information content (AvgIpc) is 2.24. The van der Waals surface area contributed by atoms with Crippen molar-refractivity contribution >= 4 is 5.69 Å². The number of halogens is 7. The molecule has 0 radical (unpaired) electrons. The van der Waals surface area contributed by atoms with Crippen molar-refractivity contribution in [2.24, 2.45) is 0 Å². The zero-order chi connectivity index (χ0) is 15.9. The maximum Gasteiger partial charge on any atom is 0.436 e. The summed E-state index contributed by atoms with van der Waals surface area (Å²) in [7, 11) is 0. The van der Waals surface area contributed by atoms with E-state index in [9.17, 15) is 40.8 Å². The molecule has 10 heteroatoms. The number of nitro groups is 1. The molecule has 0 N–H and O–H groups in total. The summed E-state index contributed by atoms with van der Waals surface area (Å²) in [6.45, 7) is 0.730. The van der Waals surface area contributed by atoms with Crippen molar-refractivity contribution in [3.05, 3.63) is 39.4 Å². The first-order valence-electron chi connectivity index (χ1n) is 4.91. The van der Waals surface area contributed by atoms with Crippen LogP contribution in [0.1, 0.15) is 11.1 Å². The number of nitrogens with zero attached hydrogens (tertiary/aromatic N) is 1. The highest BCUT2D eigenvalue weighted by atomic mass is 19.4. The molecule has 0 amide bonds. The lowest BCUT2D eigenvalue weighted by atomic mass is 9.89. The highest BCUT2D eigenvalue weighted by Gasteiger charge is 2.75. The number of benzene rings is 1. The van der Waals surface area contributed by atoms with Crippen molar-refractivity contribution in [3.8, 4) is 0 Å². The standard InChI is InChI=1S/C10H6F7NO2/c1-5-3-2-4-6(18(19)20)7(5)8(11,9(12,13)14)10(15,16)17/h2-4H,1H3. The van der Waals surface area contributed by atoms with Gasteiger partial charge in [-0.25, -0.2) is 4.39 Å². The van der Waals surface area contributed by atoms with E-state index in [1.165, 1.54) is 0 Å². The Hall–Kier alpha value is -1.87. The van der Waals surface area contributed by atoms with Gasteiger partial charge >= 0.3 is 18.0 Å². The third kappa shape index (κ3) is 2.29. The quantitative estimate of drug-likeness (QED) is 0.467. The van der Waals surface area contributed by atoms with Crippen molar-refractivity contribution in [1.82, 2.24) is 0 Å². The number of nitro benzene ring substituents is 1. The monoisotopic (exact) mass is 305 g/mol. The van der Waals surface area contributed by atoms with Gasteiger partial charge in [-0.1, -0.05) is 12.1 Å². The fourth-order valence-corrected chi connectivity index (χ4v) is 1.70. The molecule has 1 aromatic carbocycles. The highest BCUT2D eigenvalue weighted by Crippen LogP contribution is 2.55. The van der Waals surface area contributed by atoms with Gasteiger partial charge in [0.1, 0.15) is 0 Å². The Labute approximate surface area is 107 Å². The van der Waals surface area contributed by atoms with Crippen LogP contribution in [0.15, 0.2) is 18.2 Å². The molecule has 0 aliphatic rings. The lowest BCUT2D eigenvalue weighted by Gasteiger charge is -2.30. The van der Waals surface area contributed by atoms with Crippen LogP contribution in [0.5, 0.6) is 0 Å². The first-order valence-corrected chi connectivity index (χ1v) is 4.91. The first kappa shape index (κ1) is 16.2. The molecule has 0 bridgehead atoms. The number of hydrogen-bond acceptors (Lipinski definition) is 2. The lowest BCUT2D eigenvalue weighted by Crippen LogP contribution is -2.51. The van der Waals surface area contributed by atoms with E-state index < -0.39 is 39.8 Å². The predicted molar refractivity (Wildman–Crippen MR) is 52.7 cm³/mol. The minimum absolute atomic E-state index is 0.383. The van der Waals surface area contributed by atoms with Crippen LogP contribution in [0.25, 0.3) is 0 Å². The van der Waals surface area contributed by atoms with Crippen LogP contribution in [0.4, 0.5) is 36.4 Å². The van der Waals surface area contributed by atoms with Gasteiger partial charge in [0.15, 0.2) is 0 Å². The molecule has 0 aromatic heterocycles. The van der Waals surface area contributed by atoms with E-state index in [1.54, 1.807) is 0 Å². The highest BCUT2D eigenvalue weighted by molar-refractivity contribution is 5.50. The molecule has 112 valence electrons. The summed E-state index contributed by atoms with van der Waals surface area (Å²) >= 11 is 0. The van der Waals surface area contributed by atoms with E-state index in [2.05, 4.69) is 0 Å². The lowest BCUT2D eigenvalue weighted by molar-refractivity contribution is -0.394. The van der Waals surface area contributed by atoms with Gasteiger partial charge in [0.05, 0.1) is 10.5 Å². The SMILES string of the molecule is Cc1cccc([N+](=O)[O-])c1C(F)(C(F)(F)F)C(F)(F)F. The molecule has 0 saturated heterocycles. The van der Waals surface area contributed by atoms with Gasteiger partial charge in [-0.15, -0.1) is 0 Å². The zero-order valence-corrected chi connectivity index (χ0v) is 9.64. The second-order valence-electron chi connectivity index (χ2n) is 3.88. The summed E-state index contributed by atoms with van der Waals surface area (Å²) < 4.78 is 89.4. The Morgan fingerprint density at radius 2 is 1.45 bits per heavy atom. The Balaban J connectivity index is 3.82. The van der Waals surface area contributed by atoms with Gasteiger partial charge in [-0.2, -0.15) is 26.3 Å². The number of aryl methyl sites for hydroxylation is 1. The van der Waals surface area contributed by atoms with Crippen LogP contribution in [-0.4, -0.2) is 17.3 Å². The summed E-state index contributed by atoms with van der Waals surface area (Å²) in [6.07, 6.45) is -12.8. The van der Waals surface area contributed by atoms with Crippen LogP contribution < -0.4 is 0 Å². The minimum atomic E-state index is -6.39. The van der Waals surface area contributed by atoms with Gasteiger partial charge in [0.2, 0.25) is 0 Å². The van der Waals surface area contributed by atoms with E-state index >= 15 is 0 Å². The molecule has 0 spiro atoms. The Morgan fingerprint density at radius 3 is 1.80 bits per heavy atom. The van der Waals surface area contributed by atoms with E-state index in [0.717, 1.165) is 19.1 Å². The fraction of sp³-hybridized carbons (Fsp3) is 0.400. The summed E-state index contributed by atoms with van der Waals surface area (Å²) in [4.78, 5) is 9.09. The van der Waals surface area contributed by atoms with Crippen molar-refractivity contribution < 1.29 is 35.7 Å². The second-order valence-corrected chi connectivity index (χ2v) is 3.88. The molecular weight excluding hydrogens is 299 g/mol. The van der Waals surface area contributed by atoms with E-state index in [4.69, 9.17) is 0 Å². The van der Waals surface area contributed by atoms with Gasteiger partial charge < -0.3 is 0 Å². The molecule has 1 rings (SSSR count). The summed E-state index contributed by atoms with van der Waals surface area (Å²) in [5.74, 6) is 0. The summed E-state index contributed by atoms with van der Waals surface area (Å²) in [6, 6.07) is 1.98. The molecule has 20 heavy (non-hydrogen) atoms. The van der Waals surface area contributed by atoms with Gasteiger partial charge in [-0.3, -0.25) is 10.1 Å². The molecule has 3 nitrogen and oxygen atoms in total. The molecule has 0 aliphatic carbocycles. The van der Waals surface area contributed by atoms with Crippen LogP contribution in [0.2, 0.25) is 0 Å². The van der Waals surface area contributed by atoms with E-state index in [0.29, 0.717) is 6.07 Å². The largest absolute Gasteiger partial charge is 0.436 e. The Bertz CT molecular complexity index is 521. The maximum absolute atomic E-state index is 13.9. The number of alkyl halides is 7. The normalized spacial score (nSPS) is 13.4. The van der Waals surface area contributed by atoms with E-state index in [1.807, 2.05) is 0 Å². The topological polar surface area (TPSA) is 43.1 Å². The molecule has 0 atom stereocenters. The van der Waals surface area contributed by atoms with Crippen LogP contribution >= 0.6 is 0 Å². The van der Waals surface area contributed by atoms with Crippen molar-refractivity contribution in [2.75, 3.05) is 0 Å². The predicted octanol–water partition coefficient (Wildman–Crippen LogP) is 4.19. The summed E-state index contributed by atoms with van der Waals surface area (Å²) in [5, 5.41) is 10.6. The van der Waals surface area contributed by atoms with Crippen molar-refractivity contribution in [3.63, 3.8) is 0 Å². The molecule has 0 heterocycles. The smallest absolute Gasteiger partial charge is 0.258 e. The maximum atomic E-state index is 13.9.